The van der Waals surface area contributed by atoms with Crippen LogP contribution >= 0.6 is 0 Å². The van der Waals surface area contributed by atoms with Crippen molar-refractivity contribution in [1.82, 2.24) is 0 Å². The molecule has 5 heteroatoms. The third-order valence-electron chi connectivity index (χ3n) is 2.49. The molecular weight excluding hydrogens is 250 g/mol. The minimum Gasteiger partial charge on any atom is -0.356 e. The van der Waals surface area contributed by atoms with Crippen LogP contribution in [0.3, 0.4) is 0 Å². The third-order valence-corrected chi connectivity index (χ3v) is 3.36. The Hall–Kier alpha value is -1.85. The van der Waals surface area contributed by atoms with Crippen LogP contribution in [0.1, 0.15) is 5.56 Å². The summed E-state index contributed by atoms with van der Waals surface area (Å²) in [5.41, 5.74) is 2.84. The molecule has 2 N–H and O–H groups in total. The van der Waals surface area contributed by atoms with Gasteiger partial charge < -0.3 is 5.32 Å². The summed E-state index contributed by atoms with van der Waals surface area (Å²) in [4.78, 5) is -0.114. The first-order valence-corrected chi connectivity index (χ1v) is 6.80. The quantitative estimate of drug-likeness (QED) is 0.835. The van der Waals surface area contributed by atoms with Crippen LogP contribution in [-0.2, 0) is 10.1 Å². The number of rotatable bonds is 3. The molecule has 0 bridgehead atoms. The third kappa shape index (κ3) is 3.09. The van der Waals surface area contributed by atoms with Crippen molar-refractivity contribution in [2.45, 2.75) is 11.8 Å². The molecule has 0 atom stereocenters. The van der Waals surface area contributed by atoms with Gasteiger partial charge in [-0.2, -0.15) is 8.42 Å². The lowest BCUT2D eigenvalue weighted by Gasteiger charge is -2.07. The van der Waals surface area contributed by atoms with E-state index >= 15 is 0 Å². The van der Waals surface area contributed by atoms with Gasteiger partial charge >= 0.3 is 0 Å². The minimum atomic E-state index is -4.13. The normalized spacial score (nSPS) is 11.2. The van der Waals surface area contributed by atoms with Gasteiger partial charge in [0, 0.05) is 11.4 Å². The molecule has 0 fully saturated rings. The van der Waals surface area contributed by atoms with Gasteiger partial charge in [-0.1, -0.05) is 17.7 Å². The molecule has 0 unspecified atom stereocenters. The molecule has 0 aromatic heterocycles. The molecular formula is C13H13NO3S. The Labute approximate surface area is 106 Å². The van der Waals surface area contributed by atoms with E-state index in [2.05, 4.69) is 5.32 Å². The highest BCUT2D eigenvalue weighted by Crippen LogP contribution is 2.19. The lowest BCUT2D eigenvalue weighted by atomic mass is 10.2. The van der Waals surface area contributed by atoms with Crippen LogP contribution in [0.4, 0.5) is 11.4 Å². The van der Waals surface area contributed by atoms with Crippen LogP contribution in [0.5, 0.6) is 0 Å². The summed E-state index contributed by atoms with van der Waals surface area (Å²) in [6, 6.07) is 13.7. The van der Waals surface area contributed by atoms with Crippen molar-refractivity contribution in [3.63, 3.8) is 0 Å². The van der Waals surface area contributed by atoms with Crippen molar-refractivity contribution in [3.8, 4) is 0 Å². The molecule has 0 heterocycles. The Morgan fingerprint density at radius 2 is 1.33 bits per heavy atom. The molecule has 0 spiro atoms. The maximum atomic E-state index is 10.9. The van der Waals surface area contributed by atoms with Gasteiger partial charge in [-0.3, -0.25) is 4.55 Å². The monoisotopic (exact) mass is 263 g/mol. The van der Waals surface area contributed by atoms with E-state index in [0.717, 1.165) is 11.4 Å². The summed E-state index contributed by atoms with van der Waals surface area (Å²) in [5, 5.41) is 3.13. The average Bonchev–Trinajstić information content (AvgIpc) is 2.32. The highest BCUT2D eigenvalue weighted by molar-refractivity contribution is 7.85. The van der Waals surface area contributed by atoms with Crippen LogP contribution in [0.15, 0.2) is 53.4 Å². The topological polar surface area (TPSA) is 66.4 Å². The largest absolute Gasteiger partial charge is 0.356 e. The van der Waals surface area contributed by atoms with Gasteiger partial charge in [0.25, 0.3) is 10.1 Å². The van der Waals surface area contributed by atoms with Crippen LogP contribution in [0.2, 0.25) is 0 Å². The molecule has 2 aromatic rings. The summed E-state index contributed by atoms with van der Waals surface area (Å²) in [7, 11) is -4.13. The minimum absolute atomic E-state index is 0.114. The van der Waals surface area contributed by atoms with E-state index in [-0.39, 0.29) is 4.90 Å². The maximum absolute atomic E-state index is 10.9. The Bertz CT molecular complexity index is 631. The lowest BCUT2D eigenvalue weighted by Crippen LogP contribution is -1.98. The van der Waals surface area contributed by atoms with Crippen molar-refractivity contribution in [1.29, 1.82) is 0 Å². The van der Waals surface area contributed by atoms with E-state index < -0.39 is 10.1 Å². The average molecular weight is 263 g/mol. The highest BCUT2D eigenvalue weighted by Gasteiger charge is 2.08. The van der Waals surface area contributed by atoms with E-state index in [1.54, 1.807) is 12.1 Å². The maximum Gasteiger partial charge on any atom is 0.294 e. The summed E-state index contributed by atoms with van der Waals surface area (Å²) < 4.78 is 30.6. The lowest BCUT2D eigenvalue weighted by molar-refractivity contribution is 0.483. The molecule has 0 aliphatic carbocycles. The molecule has 0 amide bonds. The van der Waals surface area contributed by atoms with E-state index in [4.69, 9.17) is 4.55 Å². The van der Waals surface area contributed by atoms with Crippen molar-refractivity contribution < 1.29 is 13.0 Å². The fourth-order valence-corrected chi connectivity index (χ4v) is 1.99. The molecule has 2 rings (SSSR count). The highest BCUT2D eigenvalue weighted by atomic mass is 32.2. The van der Waals surface area contributed by atoms with Crippen molar-refractivity contribution in [3.05, 3.63) is 54.1 Å². The van der Waals surface area contributed by atoms with E-state index in [1.165, 1.54) is 17.7 Å². The van der Waals surface area contributed by atoms with Gasteiger partial charge in [0.1, 0.15) is 0 Å². The molecule has 0 aliphatic heterocycles. The molecule has 0 radical (unpaired) electrons. The zero-order valence-electron chi connectivity index (χ0n) is 9.79. The van der Waals surface area contributed by atoms with Crippen LogP contribution in [0.25, 0.3) is 0 Å². The number of anilines is 2. The standard InChI is InChI=1S/C13H13NO3S/c1-10-2-4-11(5-3-10)14-12-6-8-13(9-7-12)18(15,16)17/h2-9,14H,1H3,(H,15,16,17). The number of hydrogen-bond donors (Lipinski definition) is 2. The van der Waals surface area contributed by atoms with Crippen molar-refractivity contribution in [2.24, 2.45) is 0 Å². The van der Waals surface area contributed by atoms with Gasteiger partial charge in [-0.25, -0.2) is 0 Å². The predicted octanol–water partition coefficient (Wildman–Crippen LogP) is 2.99. The summed E-state index contributed by atoms with van der Waals surface area (Å²) in [6.07, 6.45) is 0. The van der Waals surface area contributed by atoms with E-state index in [0.29, 0.717) is 0 Å². The zero-order valence-corrected chi connectivity index (χ0v) is 10.6. The zero-order chi connectivity index (χ0) is 13.2. The van der Waals surface area contributed by atoms with Crippen molar-refractivity contribution in [2.75, 3.05) is 5.32 Å². The summed E-state index contributed by atoms with van der Waals surface area (Å²) in [6.45, 7) is 2.00. The van der Waals surface area contributed by atoms with Crippen LogP contribution in [-0.4, -0.2) is 13.0 Å². The Balaban J connectivity index is 2.18. The molecule has 94 valence electrons. The van der Waals surface area contributed by atoms with Gasteiger partial charge in [-0.05, 0) is 43.3 Å². The summed E-state index contributed by atoms with van der Waals surface area (Å²) >= 11 is 0. The van der Waals surface area contributed by atoms with Crippen LogP contribution in [0, 0.1) is 6.92 Å². The summed E-state index contributed by atoms with van der Waals surface area (Å²) in [5.74, 6) is 0. The Morgan fingerprint density at radius 3 is 1.78 bits per heavy atom. The number of hydrogen-bond acceptors (Lipinski definition) is 3. The number of aryl methyl sites for hydroxylation is 1. The number of nitrogens with one attached hydrogen (secondary N) is 1. The molecule has 2 aromatic carbocycles. The second-order valence-corrected chi connectivity index (χ2v) is 5.41. The van der Waals surface area contributed by atoms with E-state index in [1.807, 2.05) is 31.2 Å². The second-order valence-electron chi connectivity index (χ2n) is 3.99. The van der Waals surface area contributed by atoms with E-state index in [9.17, 15) is 8.42 Å². The Morgan fingerprint density at radius 1 is 0.889 bits per heavy atom. The fourth-order valence-electron chi connectivity index (χ4n) is 1.51. The number of benzene rings is 2. The molecule has 0 saturated heterocycles. The smallest absolute Gasteiger partial charge is 0.294 e. The predicted molar refractivity (Wildman–Crippen MR) is 70.7 cm³/mol. The fraction of sp³-hybridized carbons (Fsp3) is 0.0769. The second kappa shape index (κ2) is 4.80. The van der Waals surface area contributed by atoms with Gasteiger partial charge in [0.05, 0.1) is 4.90 Å². The van der Waals surface area contributed by atoms with Crippen molar-refractivity contribution >= 4 is 21.5 Å². The first kappa shape index (κ1) is 12.6. The van der Waals surface area contributed by atoms with Gasteiger partial charge in [-0.15, -0.1) is 0 Å². The van der Waals surface area contributed by atoms with Gasteiger partial charge in [0.15, 0.2) is 0 Å². The SMILES string of the molecule is Cc1ccc(Nc2ccc(S(=O)(=O)O)cc2)cc1. The molecule has 4 nitrogen and oxygen atoms in total. The first-order valence-electron chi connectivity index (χ1n) is 5.36. The Kier molecular flexibility index (Phi) is 3.36. The molecule has 0 saturated carbocycles. The molecule has 18 heavy (non-hydrogen) atoms. The molecule has 0 aliphatic rings. The van der Waals surface area contributed by atoms with Crippen LogP contribution < -0.4 is 5.32 Å². The first-order chi connectivity index (χ1) is 8.45. The van der Waals surface area contributed by atoms with Gasteiger partial charge in [0.2, 0.25) is 0 Å².